The molecular formula is C13H14N4O. The first-order chi connectivity index (χ1) is 8.72. The van der Waals surface area contributed by atoms with Gasteiger partial charge in [-0.05, 0) is 16.8 Å². The highest BCUT2D eigenvalue weighted by molar-refractivity contribution is 6.02. The van der Waals surface area contributed by atoms with Crippen LogP contribution in [-0.2, 0) is 0 Å². The molecule has 18 heavy (non-hydrogen) atoms. The van der Waals surface area contributed by atoms with E-state index >= 15 is 0 Å². The van der Waals surface area contributed by atoms with Gasteiger partial charge in [-0.3, -0.25) is 5.41 Å². The average molecular weight is 242 g/mol. The van der Waals surface area contributed by atoms with E-state index < -0.39 is 0 Å². The number of nitrogens with two attached hydrogens (primary N) is 1. The normalized spacial score (nSPS) is 10.7. The number of nitrogens with one attached hydrogen (secondary N) is 2. The quantitative estimate of drug-likeness (QED) is 0.435. The molecule has 0 atom stereocenters. The molecule has 0 unspecified atom stereocenters. The number of hydrogen-bond acceptors (Lipinski definition) is 3. The summed E-state index contributed by atoms with van der Waals surface area (Å²) in [6, 6.07) is 11.8. The van der Waals surface area contributed by atoms with E-state index in [0.29, 0.717) is 0 Å². The maximum absolute atomic E-state index is 7.04. The summed E-state index contributed by atoms with van der Waals surface area (Å²) >= 11 is 0. The summed E-state index contributed by atoms with van der Waals surface area (Å²) in [7, 11) is 1.61. The Bertz CT molecular complexity index is 607. The molecule has 4 N–H and O–H groups in total. The van der Waals surface area contributed by atoms with Crippen molar-refractivity contribution in [3.63, 3.8) is 0 Å². The molecule has 0 saturated heterocycles. The molecule has 92 valence electrons. The highest BCUT2D eigenvalue weighted by atomic mass is 16.5. The molecule has 0 radical (unpaired) electrons. The molecule has 0 fully saturated rings. The lowest BCUT2D eigenvalue weighted by Gasteiger charge is -2.08. The van der Waals surface area contributed by atoms with E-state index in [1.807, 2.05) is 36.4 Å². The molecule has 2 aromatic carbocycles. The summed E-state index contributed by atoms with van der Waals surface area (Å²) in [5, 5.41) is 13.1. The Morgan fingerprint density at radius 1 is 1.33 bits per heavy atom. The van der Waals surface area contributed by atoms with Crippen LogP contribution in [0.15, 0.2) is 41.5 Å². The van der Waals surface area contributed by atoms with Crippen LogP contribution in [0.5, 0.6) is 5.75 Å². The molecule has 2 rings (SSSR count). The molecule has 5 heteroatoms. The Kier molecular flexibility index (Phi) is 3.43. The van der Waals surface area contributed by atoms with Crippen LogP contribution in [0.25, 0.3) is 10.8 Å². The summed E-state index contributed by atoms with van der Waals surface area (Å²) in [6.07, 6.45) is 1.60. The van der Waals surface area contributed by atoms with Crippen molar-refractivity contribution in [1.82, 2.24) is 5.43 Å². The fourth-order valence-corrected chi connectivity index (χ4v) is 1.75. The monoisotopic (exact) mass is 242 g/mol. The molecule has 0 spiro atoms. The zero-order valence-corrected chi connectivity index (χ0v) is 9.97. The molecule has 0 aliphatic carbocycles. The highest BCUT2D eigenvalue weighted by Gasteiger charge is 2.05. The number of hydrazone groups is 1. The van der Waals surface area contributed by atoms with Gasteiger partial charge in [-0.1, -0.05) is 30.3 Å². The number of hydrogen-bond donors (Lipinski definition) is 3. The molecule has 5 nitrogen and oxygen atoms in total. The summed E-state index contributed by atoms with van der Waals surface area (Å²) in [5.41, 5.74) is 8.40. The summed E-state index contributed by atoms with van der Waals surface area (Å²) in [6.45, 7) is 0. The number of rotatable bonds is 3. The first kappa shape index (κ1) is 11.9. The Hall–Kier alpha value is -2.56. The smallest absolute Gasteiger partial charge is 0.206 e. The van der Waals surface area contributed by atoms with Crippen molar-refractivity contribution >= 4 is 22.9 Å². The van der Waals surface area contributed by atoms with Gasteiger partial charge in [0.1, 0.15) is 5.75 Å². The van der Waals surface area contributed by atoms with Gasteiger partial charge in [0.05, 0.1) is 13.3 Å². The van der Waals surface area contributed by atoms with E-state index in [1.165, 1.54) is 0 Å². The molecule has 0 aliphatic heterocycles. The van der Waals surface area contributed by atoms with Crippen molar-refractivity contribution < 1.29 is 4.74 Å². The second-order valence-corrected chi connectivity index (χ2v) is 3.69. The number of fused-ring (bicyclic) bond motifs is 1. The van der Waals surface area contributed by atoms with Crippen LogP contribution in [-0.4, -0.2) is 19.3 Å². The van der Waals surface area contributed by atoms with Crippen molar-refractivity contribution in [3.8, 4) is 5.75 Å². The maximum Gasteiger partial charge on any atom is 0.206 e. The molecular weight excluding hydrogens is 228 g/mol. The first-order valence-electron chi connectivity index (χ1n) is 5.41. The lowest BCUT2D eigenvalue weighted by molar-refractivity contribution is 0.415. The summed E-state index contributed by atoms with van der Waals surface area (Å²) in [5.74, 6) is 0.522. The zero-order valence-electron chi connectivity index (χ0n) is 9.97. The number of guanidine groups is 1. The van der Waals surface area contributed by atoms with E-state index in [9.17, 15) is 0 Å². The summed E-state index contributed by atoms with van der Waals surface area (Å²) < 4.78 is 5.31. The Morgan fingerprint density at radius 2 is 2.11 bits per heavy atom. The van der Waals surface area contributed by atoms with Crippen molar-refractivity contribution in [1.29, 1.82) is 5.41 Å². The predicted octanol–water partition coefficient (Wildman–Crippen LogP) is 1.67. The number of nitrogens with zero attached hydrogens (tertiary/aromatic N) is 1. The number of benzene rings is 2. The third kappa shape index (κ3) is 2.40. The Labute approximate surface area is 105 Å². The molecule has 0 aliphatic rings. The minimum atomic E-state index is -0.203. The topological polar surface area (TPSA) is 83.5 Å². The average Bonchev–Trinajstić information content (AvgIpc) is 2.38. The number of methoxy groups -OCH3 is 1. The molecule has 0 saturated carbocycles. The van der Waals surface area contributed by atoms with Gasteiger partial charge in [0, 0.05) is 5.56 Å². The van der Waals surface area contributed by atoms with Gasteiger partial charge >= 0.3 is 0 Å². The van der Waals surface area contributed by atoms with Gasteiger partial charge in [-0.2, -0.15) is 5.10 Å². The minimum Gasteiger partial charge on any atom is -0.496 e. The van der Waals surface area contributed by atoms with Gasteiger partial charge < -0.3 is 10.5 Å². The molecule has 2 aromatic rings. The van der Waals surface area contributed by atoms with Gasteiger partial charge in [0.15, 0.2) is 0 Å². The molecule has 0 heterocycles. The van der Waals surface area contributed by atoms with Crippen molar-refractivity contribution in [2.75, 3.05) is 7.11 Å². The molecule has 0 aromatic heterocycles. The third-order valence-electron chi connectivity index (χ3n) is 2.53. The van der Waals surface area contributed by atoms with Crippen LogP contribution in [0, 0.1) is 5.41 Å². The van der Waals surface area contributed by atoms with E-state index in [-0.39, 0.29) is 5.96 Å². The van der Waals surface area contributed by atoms with Crippen LogP contribution in [0.4, 0.5) is 0 Å². The maximum atomic E-state index is 7.04. The highest BCUT2D eigenvalue weighted by Crippen LogP contribution is 2.26. The van der Waals surface area contributed by atoms with E-state index in [0.717, 1.165) is 22.1 Å². The standard InChI is InChI=1S/C13H14N4O/c1-18-12-7-6-9-4-2-3-5-10(9)11(12)8-16-17-13(14)15/h2-8H,1H3,(H4,14,15,17). The summed E-state index contributed by atoms with van der Waals surface area (Å²) in [4.78, 5) is 0. The van der Waals surface area contributed by atoms with Crippen LogP contribution in [0.2, 0.25) is 0 Å². The van der Waals surface area contributed by atoms with Gasteiger partial charge in [0.25, 0.3) is 0 Å². The van der Waals surface area contributed by atoms with Crippen LogP contribution >= 0.6 is 0 Å². The Balaban J connectivity index is 2.51. The van der Waals surface area contributed by atoms with Crippen molar-refractivity contribution in [2.45, 2.75) is 0 Å². The van der Waals surface area contributed by atoms with E-state index in [2.05, 4.69) is 10.5 Å². The van der Waals surface area contributed by atoms with Crippen LogP contribution in [0.1, 0.15) is 5.56 Å². The lowest BCUT2D eigenvalue weighted by Crippen LogP contribution is -2.25. The largest absolute Gasteiger partial charge is 0.496 e. The van der Waals surface area contributed by atoms with Crippen molar-refractivity contribution in [2.24, 2.45) is 10.8 Å². The van der Waals surface area contributed by atoms with Gasteiger partial charge in [0.2, 0.25) is 5.96 Å². The fourth-order valence-electron chi connectivity index (χ4n) is 1.75. The van der Waals surface area contributed by atoms with Gasteiger partial charge in [-0.15, -0.1) is 0 Å². The first-order valence-corrected chi connectivity index (χ1v) is 5.41. The predicted molar refractivity (Wildman–Crippen MR) is 73.1 cm³/mol. The third-order valence-corrected chi connectivity index (χ3v) is 2.53. The van der Waals surface area contributed by atoms with Gasteiger partial charge in [-0.25, -0.2) is 5.43 Å². The van der Waals surface area contributed by atoms with Crippen LogP contribution < -0.4 is 15.9 Å². The van der Waals surface area contributed by atoms with E-state index in [4.69, 9.17) is 15.9 Å². The zero-order chi connectivity index (χ0) is 13.0. The van der Waals surface area contributed by atoms with Crippen molar-refractivity contribution in [3.05, 3.63) is 42.0 Å². The molecule has 0 amide bonds. The lowest BCUT2D eigenvalue weighted by atomic mass is 10.0. The second-order valence-electron chi connectivity index (χ2n) is 3.69. The van der Waals surface area contributed by atoms with E-state index in [1.54, 1.807) is 13.3 Å². The number of ether oxygens (including phenoxy) is 1. The van der Waals surface area contributed by atoms with Crippen LogP contribution in [0.3, 0.4) is 0 Å². The Morgan fingerprint density at radius 3 is 2.83 bits per heavy atom. The second kappa shape index (κ2) is 5.18. The minimum absolute atomic E-state index is 0.203. The fraction of sp³-hybridized carbons (Fsp3) is 0.0769. The molecule has 0 bridgehead atoms. The SMILES string of the molecule is COc1ccc2ccccc2c1C=NNC(=N)N.